The Bertz CT molecular complexity index is 699. The minimum atomic E-state index is -1.84. The van der Waals surface area contributed by atoms with Crippen molar-refractivity contribution in [2.24, 2.45) is 0 Å². The van der Waals surface area contributed by atoms with Gasteiger partial charge in [-0.05, 0) is 36.8 Å². The third kappa shape index (κ3) is 10.9. The van der Waals surface area contributed by atoms with Crippen molar-refractivity contribution in [3.05, 3.63) is 29.8 Å². The standard InChI is InChI=1S/C19H26Cl3N3O3S/c1-2-3-4-5-6-7-11-15(26)24-17(19(20,21)22)25-18(29)23-14-10-8-9-13(12-14)16(27)28/h8-10,12,17H,2-7,11H2,1H3,(H,24,26)(H,27,28)(H2,23,25,29)/t17-/m0/s1. The van der Waals surface area contributed by atoms with Crippen molar-refractivity contribution in [1.29, 1.82) is 0 Å². The lowest BCUT2D eigenvalue weighted by atomic mass is 10.1. The molecule has 1 aromatic rings. The lowest BCUT2D eigenvalue weighted by molar-refractivity contribution is -0.122. The summed E-state index contributed by atoms with van der Waals surface area (Å²) in [6, 6.07) is 6.08. The number of nitrogens with one attached hydrogen (secondary N) is 3. The fourth-order valence-electron chi connectivity index (χ4n) is 2.53. The van der Waals surface area contributed by atoms with E-state index in [4.69, 9.17) is 52.1 Å². The molecule has 162 valence electrons. The maximum Gasteiger partial charge on any atom is 0.335 e. The Morgan fingerprint density at radius 2 is 1.76 bits per heavy atom. The van der Waals surface area contributed by atoms with Crippen LogP contribution in [-0.2, 0) is 4.79 Å². The van der Waals surface area contributed by atoms with Gasteiger partial charge in [0.15, 0.2) is 5.11 Å². The van der Waals surface area contributed by atoms with Gasteiger partial charge in [-0.3, -0.25) is 4.79 Å². The fraction of sp³-hybridized carbons (Fsp3) is 0.526. The highest BCUT2D eigenvalue weighted by molar-refractivity contribution is 7.80. The van der Waals surface area contributed by atoms with Crippen molar-refractivity contribution >= 4 is 69.7 Å². The molecule has 0 aliphatic rings. The molecule has 1 aromatic carbocycles. The van der Waals surface area contributed by atoms with Crippen molar-refractivity contribution in [1.82, 2.24) is 10.6 Å². The summed E-state index contributed by atoms with van der Waals surface area (Å²) in [4.78, 5) is 23.2. The van der Waals surface area contributed by atoms with Crippen LogP contribution in [0, 0.1) is 0 Å². The summed E-state index contributed by atoms with van der Waals surface area (Å²) in [6.07, 6.45) is 5.63. The van der Waals surface area contributed by atoms with E-state index in [0.29, 0.717) is 12.1 Å². The van der Waals surface area contributed by atoms with Gasteiger partial charge in [0.25, 0.3) is 0 Å². The van der Waals surface area contributed by atoms with Crippen LogP contribution in [0.2, 0.25) is 0 Å². The number of carboxylic acid groups (broad SMARTS) is 1. The predicted octanol–water partition coefficient (Wildman–Crippen LogP) is 5.23. The van der Waals surface area contributed by atoms with Gasteiger partial charge in [0.05, 0.1) is 5.56 Å². The van der Waals surface area contributed by atoms with E-state index < -0.39 is 15.9 Å². The van der Waals surface area contributed by atoms with E-state index in [1.165, 1.54) is 31.4 Å². The molecule has 0 heterocycles. The van der Waals surface area contributed by atoms with Crippen molar-refractivity contribution in [3.63, 3.8) is 0 Å². The number of hydrogen-bond donors (Lipinski definition) is 4. The number of rotatable bonds is 11. The molecule has 1 atom stereocenters. The van der Waals surface area contributed by atoms with Gasteiger partial charge < -0.3 is 21.1 Å². The van der Waals surface area contributed by atoms with Crippen molar-refractivity contribution in [2.75, 3.05) is 5.32 Å². The van der Waals surface area contributed by atoms with E-state index in [1.807, 2.05) is 0 Å². The molecular formula is C19H26Cl3N3O3S. The highest BCUT2D eigenvalue weighted by atomic mass is 35.6. The molecule has 0 saturated heterocycles. The molecule has 0 bridgehead atoms. The molecule has 4 N–H and O–H groups in total. The van der Waals surface area contributed by atoms with Gasteiger partial charge in [0, 0.05) is 12.1 Å². The Labute approximate surface area is 191 Å². The quantitative estimate of drug-likeness (QED) is 0.149. The van der Waals surface area contributed by atoms with Crippen LogP contribution in [0.15, 0.2) is 24.3 Å². The first-order chi connectivity index (χ1) is 13.6. The number of unbranched alkanes of at least 4 members (excludes halogenated alkanes) is 5. The van der Waals surface area contributed by atoms with Crippen LogP contribution < -0.4 is 16.0 Å². The third-order valence-electron chi connectivity index (χ3n) is 4.03. The molecule has 0 radical (unpaired) electrons. The number of carboxylic acids is 1. The molecule has 0 spiro atoms. The summed E-state index contributed by atoms with van der Waals surface area (Å²) < 4.78 is -1.84. The van der Waals surface area contributed by atoms with Crippen molar-refractivity contribution in [3.8, 4) is 0 Å². The Morgan fingerprint density at radius 1 is 1.10 bits per heavy atom. The molecule has 29 heavy (non-hydrogen) atoms. The molecule has 0 fully saturated rings. The highest BCUT2D eigenvalue weighted by Gasteiger charge is 2.34. The summed E-state index contributed by atoms with van der Waals surface area (Å²) in [5.74, 6) is -1.31. The first kappa shape index (κ1) is 25.8. The molecule has 0 unspecified atom stereocenters. The van der Waals surface area contributed by atoms with Gasteiger partial charge in [-0.2, -0.15) is 0 Å². The highest BCUT2D eigenvalue weighted by Crippen LogP contribution is 2.29. The minimum Gasteiger partial charge on any atom is -0.478 e. The average Bonchev–Trinajstić information content (AvgIpc) is 2.63. The maximum atomic E-state index is 12.2. The van der Waals surface area contributed by atoms with Crippen LogP contribution in [0.4, 0.5) is 5.69 Å². The Kier molecular flexibility index (Phi) is 11.6. The smallest absolute Gasteiger partial charge is 0.335 e. The van der Waals surface area contributed by atoms with Gasteiger partial charge in [-0.25, -0.2) is 4.79 Å². The van der Waals surface area contributed by atoms with Gasteiger partial charge in [0.2, 0.25) is 9.70 Å². The van der Waals surface area contributed by atoms with E-state index in [9.17, 15) is 9.59 Å². The number of benzene rings is 1. The van der Waals surface area contributed by atoms with Crippen molar-refractivity contribution < 1.29 is 14.7 Å². The van der Waals surface area contributed by atoms with E-state index in [-0.39, 0.29) is 16.6 Å². The number of alkyl halides is 3. The Morgan fingerprint density at radius 3 is 2.38 bits per heavy atom. The number of anilines is 1. The summed E-state index contributed by atoms with van der Waals surface area (Å²) in [5.41, 5.74) is 0.548. The van der Waals surface area contributed by atoms with Gasteiger partial charge in [-0.1, -0.05) is 79.9 Å². The molecular weight excluding hydrogens is 457 g/mol. The summed E-state index contributed by atoms with van der Waals surface area (Å²) in [6.45, 7) is 2.15. The molecule has 0 saturated carbocycles. The van der Waals surface area contributed by atoms with Gasteiger partial charge in [-0.15, -0.1) is 0 Å². The normalized spacial score (nSPS) is 12.1. The van der Waals surface area contributed by atoms with Gasteiger partial charge in [0.1, 0.15) is 6.17 Å². The molecule has 1 amide bonds. The van der Waals surface area contributed by atoms with E-state index in [0.717, 1.165) is 19.3 Å². The number of amides is 1. The molecule has 0 aliphatic heterocycles. The van der Waals surface area contributed by atoms with Crippen LogP contribution in [0.5, 0.6) is 0 Å². The van der Waals surface area contributed by atoms with Crippen LogP contribution in [-0.4, -0.2) is 32.1 Å². The first-order valence-electron chi connectivity index (χ1n) is 9.40. The number of carbonyl (C=O) groups is 2. The molecule has 10 heteroatoms. The zero-order chi connectivity index (χ0) is 21.9. The molecule has 1 rings (SSSR count). The van der Waals surface area contributed by atoms with Gasteiger partial charge >= 0.3 is 5.97 Å². The number of aromatic carboxylic acids is 1. The summed E-state index contributed by atoms with van der Waals surface area (Å²) >= 11 is 23.1. The average molecular weight is 483 g/mol. The minimum absolute atomic E-state index is 0.0729. The monoisotopic (exact) mass is 481 g/mol. The zero-order valence-electron chi connectivity index (χ0n) is 16.1. The second-order valence-electron chi connectivity index (χ2n) is 6.54. The Balaban J connectivity index is 2.56. The van der Waals surface area contributed by atoms with Crippen LogP contribution in [0.3, 0.4) is 0 Å². The largest absolute Gasteiger partial charge is 0.478 e. The number of halogens is 3. The van der Waals surface area contributed by atoms with Crippen LogP contribution >= 0.6 is 47.0 Å². The van der Waals surface area contributed by atoms with Crippen LogP contribution in [0.1, 0.15) is 62.2 Å². The van der Waals surface area contributed by atoms with E-state index >= 15 is 0 Å². The number of hydrogen-bond acceptors (Lipinski definition) is 3. The second-order valence-corrected chi connectivity index (χ2v) is 9.32. The molecule has 0 aromatic heterocycles. The zero-order valence-corrected chi connectivity index (χ0v) is 19.2. The first-order valence-corrected chi connectivity index (χ1v) is 10.9. The molecule has 6 nitrogen and oxygen atoms in total. The van der Waals surface area contributed by atoms with Crippen LogP contribution in [0.25, 0.3) is 0 Å². The molecule has 0 aliphatic carbocycles. The maximum absolute atomic E-state index is 12.2. The lowest BCUT2D eigenvalue weighted by Crippen LogP contribution is -2.56. The lowest BCUT2D eigenvalue weighted by Gasteiger charge is -2.27. The predicted molar refractivity (Wildman–Crippen MR) is 123 cm³/mol. The Hall–Kier alpha value is -1.28. The fourth-order valence-corrected chi connectivity index (χ4v) is 3.09. The SMILES string of the molecule is CCCCCCCCC(=O)N[C@@H](NC(=S)Nc1cccc(C(=O)O)c1)C(Cl)(Cl)Cl. The number of thiocarbonyl (C=S) groups is 1. The third-order valence-corrected chi connectivity index (χ3v) is 4.91. The second kappa shape index (κ2) is 13.1. The topological polar surface area (TPSA) is 90.5 Å². The summed E-state index contributed by atoms with van der Waals surface area (Å²) in [7, 11) is 0. The van der Waals surface area contributed by atoms with E-state index in [1.54, 1.807) is 12.1 Å². The van der Waals surface area contributed by atoms with Crippen molar-refractivity contribution in [2.45, 2.75) is 61.8 Å². The summed E-state index contributed by atoms with van der Waals surface area (Å²) in [5, 5.41) is 17.3. The number of carbonyl (C=O) groups excluding carboxylic acids is 1. The van der Waals surface area contributed by atoms with E-state index in [2.05, 4.69) is 22.9 Å².